The molecule has 28 heavy (non-hydrogen) atoms. The molecule has 4 rings (SSSR count). The molecule has 0 aliphatic heterocycles. The lowest BCUT2D eigenvalue weighted by Gasteiger charge is -2.11. The van der Waals surface area contributed by atoms with E-state index in [4.69, 9.17) is 11.6 Å². The number of hydrogen-bond acceptors (Lipinski definition) is 0. The van der Waals surface area contributed by atoms with E-state index in [9.17, 15) is 0 Å². The summed E-state index contributed by atoms with van der Waals surface area (Å²) in [4.78, 5) is 0. The maximum Gasteiger partial charge on any atom is 0.0406 e. The Morgan fingerprint density at radius 1 is 0.500 bits per heavy atom. The van der Waals surface area contributed by atoms with Crippen molar-refractivity contribution < 1.29 is 0 Å². The summed E-state index contributed by atoms with van der Waals surface area (Å²) in [5.74, 6) is 0. The van der Waals surface area contributed by atoms with Crippen LogP contribution in [0.4, 0.5) is 0 Å². The van der Waals surface area contributed by atoms with Gasteiger partial charge >= 0.3 is 0 Å². The van der Waals surface area contributed by atoms with E-state index in [0.29, 0.717) is 0 Å². The maximum atomic E-state index is 5.95. The first kappa shape index (κ1) is 19.9. The number of rotatable bonds is 2. The summed E-state index contributed by atoms with van der Waals surface area (Å²) in [6.45, 7) is 6.41. The Morgan fingerprint density at radius 3 is 1.64 bits per heavy atom. The zero-order valence-electron chi connectivity index (χ0n) is 16.6. The van der Waals surface area contributed by atoms with Crippen molar-refractivity contribution in [3.8, 4) is 22.3 Å². The van der Waals surface area contributed by atoms with E-state index in [0.717, 1.165) is 5.02 Å². The first-order valence-electron chi connectivity index (χ1n) is 9.49. The second-order valence-corrected chi connectivity index (χ2v) is 7.44. The average Bonchev–Trinajstić information content (AvgIpc) is 2.70. The van der Waals surface area contributed by atoms with Crippen LogP contribution in [-0.2, 0) is 0 Å². The SMILES string of the molecule is Cc1ccccc1.Cc1ccccc1-c1ccc(-c2ccc(Cl)cc2)cc1C. The third kappa shape index (κ3) is 5.12. The molecular formula is C27H25Cl. The Bertz CT molecular complexity index is 1030. The molecule has 4 aromatic rings. The van der Waals surface area contributed by atoms with Gasteiger partial charge in [0, 0.05) is 5.02 Å². The molecule has 0 nitrogen and oxygen atoms in total. The number of hydrogen-bond donors (Lipinski definition) is 0. The molecule has 0 unspecified atom stereocenters. The van der Waals surface area contributed by atoms with Crippen LogP contribution in [0.2, 0.25) is 5.02 Å². The van der Waals surface area contributed by atoms with Crippen molar-refractivity contribution in [2.75, 3.05) is 0 Å². The van der Waals surface area contributed by atoms with Crippen molar-refractivity contribution in [2.45, 2.75) is 20.8 Å². The Labute approximate surface area is 173 Å². The topological polar surface area (TPSA) is 0 Å². The van der Waals surface area contributed by atoms with Crippen molar-refractivity contribution in [1.82, 2.24) is 0 Å². The number of aryl methyl sites for hydroxylation is 3. The van der Waals surface area contributed by atoms with Crippen LogP contribution >= 0.6 is 11.6 Å². The van der Waals surface area contributed by atoms with E-state index in [-0.39, 0.29) is 0 Å². The molecule has 0 heterocycles. The highest BCUT2D eigenvalue weighted by Crippen LogP contribution is 2.30. The van der Waals surface area contributed by atoms with Gasteiger partial charge in [-0.3, -0.25) is 0 Å². The Hall–Kier alpha value is -2.83. The van der Waals surface area contributed by atoms with Gasteiger partial charge in [0.1, 0.15) is 0 Å². The van der Waals surface area contributed by atoms with E-state index in [2.05, 4.69) is 87.5 Å². The predicted octanol–water partition coefficient (Wildman–Crippen LogP) is 8.29. The Balaban J connectivity index is 0.000000271. The molecule has 0 radical (unpaired) electrons. The summed E-state index contributed by atoms with van der Waals surface area (Å²) in [5.41, 5.74) is 8.93. The van der Waals surface area contributed by atoms with Gasteiger partial charge in [-0.2, -0.15) is 0 Å². The second-order valence-electron chi connectivity index (χ2n) is 7.01. The third-order valence-corrected chi connectivity index (χ3v) is 5.03. The lowest BCUT2D eigenvalue weighted by atomic mass is 9.93. The standard InChI is InChI=1S/C20H17Cl.C7H8/c1-14-5-3-4-6-19(14)20-12-9-17(13-15(20)2)16-7-10-18(21)11-8-16;1-7-5-3-2-4-6-7/h3-13H,1-2H3;2-6H,1H3. The summed E-state index contributed by atoms with van der Waals surface area (Å²) < 4.78 is 0. The molecule has 4 aromatic carbocycles. The van der Waals surface area contributed by atoms with E-state index in [1.54, 1.807) is 0 Å². The van der Waals surface area contributed by atoms with Gasteiger partial charge in [-0.1, -0.05) is 102 Å². The van der Waals surface area contributed by atoms with E-state index in [1.807, 2.05) is 30.3 Å². The molecule has 0 N–H and O–H groups in total. The highest BCUT2D eigenvalue weighted by atomic mass is 35.5. The van der Waals surface area contributed by atoms with Gasteiger partial charge in [0.25, 0.3) is 0 Å². The van der Waals surface area contributed by atoms with Crippen LogP contribution < -0.4 is 0 Å². The second kappa shape index (κ2) is 9.39. The van der Waals surface area contributed by atoms with E-state index in [1.165, 1.54) is 38.9 Å². The van der Waals surface area contributed by atoms with Crippen LogP contribution in [0.5, 0.6) is 0 Å². The Kier molecular flexibility index (Phi) is 6.68. The molecule has 0 bridgehead atoms. The summed E-state index contributed by atoms with van der Waals surface area (Å²) in [7, 11) is 0. The van der Waals surface area contributed by atoms with Crippen LogP contribution in [-0.4, -0.2) is 0 Å². The van der Waals surface area contributed by atoms with Gasteiger partial charge in [0.05, 0.1) is 0 Å². The minimum absolute atomic E-state index is 0.770. The van der Waals surface area contributed by atoms with Crippen molar-refractivity contribution >= 4 is 11.6 Å². The summed E-state index contributed by atoms with van der Waals surface area (Å²) >= 11 is 5.95. The summed E-state index contributed by atoms with van der Waals surface area (Å²) in [6.07, 6.45) is 0. The lowest BCUT2D eigenvalue weighted by Crippen LogP contribution is -1.88. The highest BCUT2D eigenvalue weighted by molar-refractivity contribution is 6.30. The fourth-order valence-electron chi connectivity index (χ4n) is 3.20. The quantitative estimate of drug-likeness (QED) is 0.326. The molecule has 1 heteroatoms. The normalized spacial score (nSPS) is 10.1. The minimum atomic E-state index is 0.770. The molecule has 0 aliphatic rings. The monoisotopic (exact) mass is 384 g/mol. The van der Waals surface area contributed by atoms with Crippen LogP contribution in [0.15, 0.2) is 97.1 Å². The van der Waals surface area contributed by atoms with Crippen molar-refractivity contribution in [3.63, 3.8) is 0 Å². The fourth-order valence-corrected chi connectivity index (χ4v) is 3.32. The predicted molar refractivity (Wildman–Crippen MR) is 123 cm³/mol. The Morgan fingerprint density at radius 2 is 1.07 bits per heavy atom. The molecular weight excluding hydrogens is 360 g/mol. The molecule has 0 saturated carbocycles. The first-order chi connectivity index (χ1) is 13.5. The van der Waals surface area contributed by atoms with Gasteiger partial charge in [0.15, 0.2) is 0 Å². The van der Waals surface area contributed by atoms with Gasteiger partial charge in [0.2, 0.25) is 0 Å². The van der Waals surface area contributed by atoms with Crippen LogP contribution in [0.25, 0.3) is 22.3 Å². The van der Waals surface area contributed by atoms with Crippen molar-refractivity contribution in [2.24, 2.45) is 0 Å². The molecule has 0 fully saturated rings. The summed E-state index contributed by atoms with van der Waals surface area (Å²) in [5, 5.41) is 0.770. The van der Waals surface area contributed by atoms with Crippen molar-refractivity contribution in [1.29, 1.82) is 0 Å². The van der Waals surface area contributed by atoms with Gasteiger partial charge < -0.3 is 0 Å². The summed E-state index contributed by atoms with van der Waals surface area (Å²) in [6, 6.07) is 33.4. The average molecular weight is 385 g/mol. The van der Waals surface area contributed by atoms with Crippen LogP contribution in [0.1, 0.15) is 16.7 Å². The molecule has 0 aliphatic carbocycles. The van der Waals surface area contributed by atoms with Gasteiger partial charge in [-0.15, -0.1) is 0 Å². The molecule has 0 saturated heterocycles. The highest BCUT2D eigenvalue weighted by Gasteiger charge is 2.06. The van der Waals surface area contributed by atoms with Crippen LogP contribution in [0, 0.1) is 20.8 Å². The van der Waals surface area contributed by atoms with Crippen molar-refractivity contribution in [3.05, 3.63) is 119 Å². The maximum absolute atomic E-state index is 5.95. The zero-order valence-corrected chi connectivity index (χ0v) is 17.4. The molecule has 0 aromatic heterocycles. The van der Waals surface area contributed by atoms with Gasteiger partial charge in [-0.05, 0) is 66.3 Å². The molecule has 0 amide bonds. The van der Waals surface area contributed by atoms with E-state index < -0.39 is 0 Å². The smallest absolute Gasteiger partial charge is 0.0406 e. The zero-order chi connectivity index (χ0) is 19.9. The minimum Gasteiger partial charge on any atom is -0.0843 e. The van der Waals surface area contributed by atoms with E-state index >= 15 is 0 Å². The fraction of sp³-hybridized carbons (Fsp3) is 0.111. The van der Waals surface area contributed by atoms with Crippen LogP contribution in [0.3, 0.4) is 0 Å². The number of benzene rings is 4. The van der Waals surface area contributed by atoms with Gasteiger partial charge in [-0.25, -0.2) is 0 Å². The largest absolute Gasteiger partial charge is 0.0843 e. The lowest BCUT2D eigenvalue weighted by molar-refractivity contribution is 1.41. The number of halogens is 1. The molecule has 0 spiro atoms. The third-order valence-electron chi connectivity index (χ3n) is 4.78. The molecule has 140 valence electrons. The molecule has 0 atom stereocenters. The first-order valence-corrected chi connectivity index (χ1v) is 9.86.